The normalized spacial score (nSPS) is 12.8. The second-order valence-electron chi connectivity index (χ2n) is 6.05. The van der Waals surface area contributed by atoms with E-state index < -0.39 is 15.6 Å². The summed E-state index contributed by atoms with van der Waals surface area (Å²) in [6, 6.07) is 12.8. The van der Waals surface area contributed by atoms with Crippen molar-refractivity contribution < 1.29 is 17.6 Å². The van der Waals surface area contributed by atoms with Gasteiger partial charge in [-0.25, -0.2) is 13.2 Å². The molecule has 0 radical (unpaired) electrons. The van der Waals surface area contributed by atoms with E-state index in [1.807, 2.05) is 0 Å². The Morgan fingerprint density at radius 1 is 1.15 bits per heavy atom. The highest BCUT2D eigenvalue weighted by atomic mass is 32.2. The smallest absolute Gasteiger partial charge is 0.408 e. The molecule has 136 valence electrons. The zero-order valence-electron chi connectivity index (χ0n) is 14.3. The second-order valence-corrected chi connectivity index (χ2v) is 8.07. The number of carbonyl (C=O) groups excluding carboxylic acids is 1. The number of hydrogen-bond donors (Lipinski definition) is 1. The van der Waals surface area contributed by atoms with Gasteiger partial charge >= 0.3 is 5.76 Å². The van der Waals surface area contributed by atoms with Crippen LogP contribution in [0.2, 0.25) is 0 Å². The third-order valence-corrected chi connectivity index (χ3v) is 5.19. The predicted molar refractivity (Wildman–Crippen MR) is 96.6 cm³/mol. The van der Waals surface area contributed by atoms with E-state index in [1.54, 1.807) is 43.3 Å². The van der Waals surface area contributed by atoms with Crippen LogP contribution in [0.1, 0.15) is 18.5 Å². The summed E-state index contributed by atoms with van der Waals surface area (Å²) in [5.74, 6) is -0.940. The molecule has 1 aromatic heterocycles. The number of para-hydroxylation sites is 2. The predicted octanol–water partition coefficient (Wildman–Crippen LogP) is 1.88. The molecule has 0 bridgehead atoms. The molecule has 0 saturated carbocycles. The third-order valence-electron chi connectivity index (χ3n) is 4.06. The Bertz CT molecular complexity index is 1110. The van der Waals surface area contributed by atoms with E-state index >= 15 is 0 Å². The van der Waals surface area contributed by atoms with Gasteiger partial charge < -0.3 is 9.73 Å². The number of nitrogens with one attached hydrogen (secondary N) is 1. The van der Waals surface area contributed by atoms with Crippen molar-refractivity contribution in [2.75, 3.05) is 6.26 Å². The lowest BCUT2D eigenvalue weighted by molar-refractivity contribution is -0.122. The number of rotatable bonds is 5. The molecular weight excluding hydrogens is 356 g/mol. The molecule has 8 heteroatoms. The van der Waals surface area contributed by atoms with E-state index in [-0.39, 0.29) is 23.4 Å². The fraction of sp³-hybridized carbons (Fsp3) is 0.222. The molecule has 1 N–H and O–H groups in total. The number of sulfone groups is 1. The average Bonchev–Trinajstić information content (AvgIpc) is 2.90. The molecule has 0 aliphatic rings. The average molecular weight is 374 g/mol. The van der Waals surface area contributed by atoms with Gasteiger partial charge in [-0.05, 0) is 36.8 Å². The number of fused-ring (bicyclic) bond motifs is 1. The van der Waals surface area contributed by atoms with Gasteiger partial charge in [-0.15, -0.1) is 0 Å². The fourth-order valence-electron chi connectivity index (χ4n) is 2.68. The van der Waals surface area contributed by atoms with Crippen LogP contribution in [0.3, 0.4) is 0 Å². The molecule has 26 heavy (non-hydrogen) atoms. The number of oxazole rings is 1. The van der Waals surface area contributed by atoms with Gasteiger partial charge in [-0.1, -0.05) is 24.3 Å². The van der Waals surface area contributed by atoms with E-state index in [0.29, 0.717) is 11.1 Å². The number of carbonyl (C=O) groups is 1. The molecule has 3 aromatic rings. The minimum Gasteiger partial charge on any atom is -0.408 e. The van der Waals surface area contributed by atoms with Crippen molar-refractivity contribution in [1.29, 1.82) is 0 Å². The third kappa shape index (κ3) is 3.70. The molecule has 0 spiro atoms. The molecule has 1 heterocycles. The Labute approximate surface area is 150 Å². The molecule has 0 fully saturated rings. The topological polar surface area (TPSA) is 98.4 Å². The van der Waals surface area contributed by atoms with Crippen LogP contribution in [0.4, 0.5) is 0 Å². The van der Waals surface area contributed by atoms with Crippen LogP contribution in [0, 0.1) is 0 Å². The molecule has 0 saturated heterocycles. The lowest BCUT2D eigenvalue weighted by atomic mass is 10.1. The van der Waals surface area contributed by atoms with E-state index in [1.165, 1.54) is 16.7 Å². The standard InChI is InChI=1S/C18H18N2O5S/c1-12(13-7-9-14(10-8-13)26(2,23)24)19-17(21)11-20-15-5-3-4-6-16(15)25-18(20)22/h3-10,12H,11H2,1-2H3,(H,19,21). The van der Waals surface area contributed by atoms with E-state index in [2.05, 4.69) is 5.32 Å². The van der Waals surface area contributed by atoms with Crippen molar-refractivity contribution in [2.24, 2.45) is 0 Å². The number of hydrogen-bond acceptors (Lipinski definition) is 5. The van der Waals surface area contributed by atoms with Gasteiger partial charge in [0.2, 0.25) is 5.91 Å². The summed E-state index contributed by atoms with van der Waals surface area (Å²) < 4.78 is 29.4. The first kappa shape index (κ1) is 17.9. The van der Waals surface area contributed by atoms with Crippen molar-refractivity contribution in [3.63, 3.8) is 0 Å². The highest BCUT2D eigenvalue weighted by Crippen LogP contribution is 2.16. The van der Waals surface area contributed by atoms with Crippen molar-refractivity contribution in [1.82, 2.24) is 9.88 Å². The van der Waals surface area contributed by atoms with Crippen LogP contribution < -0.4 is 11.1 Å². The number of amides is 1. The quantitative estimate of drug-likeness (QED) is 0.735. The summed E-state index contributed by atoms with van der Waals surface area (Å²) in [6.07, 6.45) is 1.14. The van der Waals surface area contributed by atoms with Gasteiger partial charge in [0.15, 0.2) is 15.4 Å². The van der Waals surface area contributed by atoms with E-state index in [9.17, 15) is 18.0 Å². The van der Waals surface area contributed by atoms with Crippen molar-refractivity contribution in [3.05, 3.63) is 64.6 Å². The zero-order chi connectivity index (χ0) is 18.9. The molecule has 1 unspecified atom stereocenters. The Kier molecular flexibility index (Phi) is 4.69. The first-order valence-corrected chi connectivity index (χ1v) is 9.82. The SMILES string of the molecule is CC(NC(=O)Cn1c(=O)oc2ccccc21)c1ccc(S(C)(=O)=O)cc1. The Hall–Kier alpha value is -2.87. The molecule has 2 aromatic carbocycles. The van der Waals surface area contributed by atoms with E-state index in [0.717, 1.165) is 11.8 Å². The van der Waals surface area contributed by atoms with Gasteiger partial charge in [0.25, 0.3) is 0 Å². The second kappa shape index (κ2) is 6.80. The Morgan fingerprint density at radius 3 is 2.46 bits per heavy atom. The summed E-state index contributed by atoms with van der Waals surface area (Å²) in [7, 11) is -3.26. The number of benzene rings is 2. The Morgan fingerprint density at radius 2 is 1.81 bits per heavy atom. The van der Waals surface area contributed by atoms with Crippen LogP contribution in [-0.2, 0) is 21.2 Å². The highest BCUT2D eigenvalue weighted by Gasteiger charge is 2.15. The highest BCUT2D eigenvalue weighted by molar-refractivity contribution is 7.90. The monoisotopic (exact) mass is 374 g/mol. The summed E-state index contributed by atoms with van der Waals surface area (Å²) in [5.41, 5.74) is 1.74. The molecule has 0 aliphatic carbocycles. The van der Waals surface area contributed by atoms with Crippen LogP contribution in [-0.4, -0.2) is 25.1 Å². The minimum atomic E-state index is -3.26. The lowest BCUT2D eigenvalue weighted by Gasteiger charge is -2.15. The van der Waals surface area contributed by atoms with Crippen LogP contribution in [0.25, 0.3) is 11.1 Å². The Balaban J connectivity index is 1.73. The van der Waals surface area contributed by atoms with Crippen molar-refractivity contribution in [3.8, 4) is 0 Å². The van der Waals surface area contributed by atoms with Gasteiger partial charge in [-0.2, -0.15) is 0 Å². The fourth-order valence-corrected chi connectivity index (χ4v) is 3.31. The first-order valence-electron chi connectivity index (χ1n) is 7.93. The summed E-state index contributed by atoms with van der Waals surface area (Å²) in [5, 5.41) is 2.79. The van der Waals surface area contributed by atoms with Crippen LogP contribution in [0.15, 0.2) is 62.6 Å². The maximum absolute atomic E-state index is 12.3. The zero-order valence-corrected chi connectivity index (χ0v) is 15.1. The summed E-state index contributed by atoms with van der Waals surface area (Å²) in [6.45, 7) is 1.62. The van der Waals surface area contributed by atoms with Crippen LogP contribution >= 0.6 is 0 Å². The van der Waals surface area contributed by atoms with E-state index in [4.69, 9.17) is 4.42 Å². The maximum Gasteiger partial charge on any atom is 0.420 e. The number of nitrogens with zero attached hydrogens (tertiary/aromatic N) is 1. The number of aromatic nitrogens is 1. The van der Waals surface area contributed by atoms with Gasteiger partial charge in [0, 0.05) is 6.26 Å². The first-order chi connectivity index (χ1) is 12.3. The minimum absolute atomic E-state index is 0.165. The molecule has 3 rings (SSSR count). The molecule has 0 aliphatic heterocycles. The summed E-state index contributed by atoms with van der Waals surface area (Å²) in [4.78, 5) is 24.4. The van der Waals surface area contributed by atoms with Gasteiger partial charge in [-0.3, -0.25) is 9.36 Å². The maximum atomic E-state index is 12.3. The molecular formula is C18H18N2O5S. The van der Waals surface area contributed by atoms with Gasteiger partial charge in [0.05, 0.1) is 16.5 Å². The van der Waals surface area contributed by atoms with Crippen molar-refractivity contribution >= 4 is 26.8 Å². The molecule has 1 atom stereocenters. The van der Waals surface area contributed by atoms with Crippen molar-refractivity contribution in [2.45, 2.75) is 24.4 Å². The lowest BCUT2D eigenvalue weighted by Crippen LogP contribution is -2.32. The molecule has 1 amide bonds. The van der Waals surface area contributed by atoms with Gasteiger partial charge in [0.1, 0.15) is 6.54 Å². The largest absolute Gasteiger partial charge is 0.420 e. The molecule has 7 nitrogen and oxygen atoms in total. The summed E-state index contributed by atoms with van der Waals surface area (Å²) >= 11 is 0. The van der Waals surface area contributed by atoms with Crippen LogP contribution in [0.5, 0.6) is 0 Å².